The van der Waals surface area contributed by atoms with Crippen LogP contribution < -0.4 is 10.6 Å². The standard InChI is InChI=1S/C18H23FN4O2S/c1-18(2,11-23(3)4)10-20-16(25)14-9-26-17(21-14)22-15(24)12-6-5-7-13(19)8-12/h5-9H,10-11H2,1-4H3,(H,20,25)(H,21,22,24). The third-order valence-electron chi connectivity index (χ3n) is 3.52. The summed E-state index contributed by atoms with van der Waals surface area (Å²) in [5.74, 6) is -1.26. The van der Waals surface area contributed by atoms with Gasteiger partial charge in [-0.2, -0.15) is 0 Å². The third kappa shape index (κ3) is 5.89. The average Bonchev–Trinajstić information content (AvgIpc) is 3.00. The van der Waals surface area contributed by atoms with E-state index in [1.54, 1.807) is 5.38 Å². The summed E-state index contributed by atoms with van der Waals surface area (Å²) in [7, 11) is 3.97. The van der Waals surface area contributed by atoms with Crippen LogP contribution in [0.4, 0.5) is 9.52 Å². The summed E-state index contributed by atoms with van der Waals surface area (Å²) in [5, 5.41) is 7.31. The van der Waals surface area contributed by atoms with Gasteiger partial charge in [0.1, 0.15) is 11.5 Å². The fourth-order valence-electron chi connectivity index (χ4n) is 2.56. The number of nitrogens with one attached hydrogen (secondary N) is 2. The fourth-order valence-corrected chi connectivity index (χ4v) is 3.24. The molecule has 8 heteroatoms. The summed E-state index contributed by atoms with van der Waals surface area (Å²) in [5.41, 5.74) is 0.352. The largest absolute Gasteiger partial charge is 0.350 e. The molecule has 1 aromatic carbocycles. The number of rotatable bonds is 7. The smallest absolute Gasteiger partial charge is 0.270 e. The van der Waals surface area contributed by atoms with E-state index in [0.717, 1.165) is 23.9 Å². The molecule has 0 unspecified atom stereocenters. The van der Waals surface area contributed by atoms with E-state index >= 15 is 0 Å². The van der Waals surface area contributed by atoms with Gasteiger partial charge >= 0.3 is 0 Å². The van der Waals surface area contributed by atoms with Crippen molar-refractivity contribution in [2.75, 3.05) is 32.5 Å². The molecule has 2 aromatic rings. The maximum atomic E-state index is 13.2. The van der Waals surface area contributed by atoms with Crippen LogP contribution in [0.25, 0.3) is 0 Å². The molecule has 0 bridgehead atoms. The minimum Gasteiger partial charge on any atom is -0.350 e. The average molecular weight is 378 g/mol. The van der Waals surface area contributed by atoms with Crippen LogP contribution in [0.15, 0.2) is 29.6 Å². The lowest BCUT2D eigenvalue weighted by molar-refractivity contribution is 0.0924. The Hall–Kier alpha value is -2.32. The van der Waals surface area contributed by atoms with Gasteiger partial charge in [-0.25, -0.2) is 9.37 Å². The monoisotopic (exact) mass is 378 g/mol. The maximum absolute atomic E-state index is 13.2. The molecule has 0 radical (unpaired) electrons. The number of thiazole rings is 1. The number of amides is 2. The van der Waals surface area contributed by atoms with E-state index in [2.05, 4.69) is 34.4 Å². The number of aromatic nitrogens is 1. The van der Waals surface area contributed by atoms with E-state index in [1.165, 1.54) is 18.2 Å². The van der Waals surface area contributed by atoms with Crippen molar-refractivity contribution in [2.45, 2.75) is 13.8 Å². The molecular weight excluding hydrogens is 355 g/mol. The van der Waals surface area contributed by atoms with Crippen molar-refractivity contribution in [3.8, 4) is 0 Å². The van der Waals surface area contributed by atoms with E-state index in [4.69, 9.17) is 0 Å². The Morgan fingerprint density at radius 1 is 1.27 bits per heavy atom. The Morgan fingerprint density at radius 2 is 2.00 bits per heavy atom. The second-order valence-electron chi connectivity index (χ2n) is 7.09. The molecule has 1 heterocycles. The van der Waals surface area contributed by atoms with Gasteiger partial charge in [0, 0.05) is 24.0 Å². The van der Waals surface area contributed by atoms with Crippen LogP contribution in [-0.4, -0.2) is 48.9 Å². The molecule has 0 fully saturated rings. The van der Waals surface area contributed by atoms with Crippen molar-refractivity contribution in [1.82, 2.24) is 15.2 Å². The highest BCUT2D eigenvalue weighted by molar-refractivity contribution is 7.14. The first-order valence-electron chi connectivity index (χ1n) is 8.12. The summed E-state index contributed by atoms with van der Waals surface area (Å²) in [6, 6.07) is 5.37. The first-order valence-corrected chi connectivity index (χ1v) is 9.00. The highest BCUT2D eigenvalue weighted by atomic mass is 32.1. The van der Waals surface area contributed by atoms with Crippen molar-refractivity contribution in [3.63, 3.8) is 0 Å². The highest BCUT2D eigenvalue weighted by Gasteiger charge is 2.21. The van der Waals surface area contributed by atoms with Crippen molar-refractivity contribution >= 4 is 28.3 Å². The molecule has 0 spiro atoms. The quantitative estimate of drug-likeness (QED) is 0.777. The van der Waals surface area contributed by atoms with Crippen molar-refractivity contribution < 1.29 is 14.0 Å². The maximum Gasteiger partial charge on any atom is 0.270 e. The molecule has 1 aromatic heterocycles. The molecule has 2 rings (SSSR count). The molecule has 6 nitrogen and oxygen atoms in total. The SMILES string of the molecule is CN(C)CC(C)(C)CNC(=O)c1csc(NC(=O)c2cccc(F)c2)n1. The van der Waals surface area contributed by atoms with Crippen LogP contribution in [-0.2, 0) is 0 Å². The molecule has 26 heavy (non-hydrogen) atoms. The summed E-state index contributed by atoms with van der Waals surface area (Å²) in [6.07, 6.45) is 0. The van der Waals surface area contributed by atoms with Gasteiger partial charge in [0.05, 0.1) is 0 Å². The van der Waals surface area contributed by atoms with Crippen molar-refractivity contribution in [2.24, 2.45) is 5.41 Å². The van der Waals surface area contributed by atoms with Crippen LogP contribution in [0.2, 0.25) is 0 Å². The zero-order chi connectivity index (χ0) is 19.3. The van der Waals surface area contributed by atoms with E-state index in [0.29, 0.717) is 6.54 Å². The van der Waals surface area contributed by atoms with Crippen molar-refractivity contribution in [3.05, 3.63) is 46.7 Å². The second kappa shape index (κ2) is 8.37. The van der Waals surface area contributed by atoms with Gasteiger partial charge in [-0.3, -0.25) is 14.9 Å². The Labute approximate surface area is 156 Å². The lowest BCUT2D eigenvalue weighted by Crippen LogP contribution is -2.40. The molecule has 0 aliphatic rings. The Bertz CT molecular complexity index is 789. The summed E-state index contributed by atoms with van der Waals surface area (Å²) < 4.78 is 13.2. The van der Waals surface area contributed by atoms with Crippen molar-refractivity contribution in [1.29, 1.82) is 0 Å². The van der Waals surface area contributed by atoms with Crippen LogP contribution >= 0.6 is 11.3 Å². The first-order chi connectivity index (χ1) is 12.2. The molecule has 0 atom stereocenters. The van der Waals surface area contributed by atoms with E-state index in [1.807, 2.05) is 14.1 Å². The lowest BCUT2D eigenvalue weighted by Gasteiger charge is -2.28. The number of carbonyl (C=O) groups is 2. The van der Waals surface area contributed by atoms with E-state index in [-0.39, 0.29) is 27.7 Å². The van der Waals surface area contributed by atoms with Gasteiger partial charge in [0.2, 0.25) is 0 Å². The minimum atomic E-state index is -0.489. The highest BCUT2D eigenvalue weighted by Crippen LogP contribution is 2.18. The molecular formula is C18H23FN4O2S. The predicted molar refractivity (Wildman–Crippen MR) is 101 cm³/mol. The number of hydrogen-bond donors (Lipinski definition) is 2. The van der Waals surface area contributed by atoms with Crippen LogP contribution in [0.5, 0.6) is 0 Å². The molecule has 140 valence electrons. The number of hydrogen-bond acceptors (Lipinski definition) is 5. The van der Waals surface area contributed by atoms with Crippen LogP contribution in [0, 0.1) is 11.2 Å². The molecule has 0 saturated carbocycles. The van der Waals surface area contributed by atoms with Gasteiger partial charge < -0.3 is 10.2 Å². The van der Waals surface area contributed by atoms with Crippen LogP contribution in [0.3, 0.4) is 0 Å². The topological polar surface area (TPSA) is 74.3 Å². The fraction of sp³-hybridized carbons (Fsp3) is 0.389. The third-order valence-corrected chi connectivity index (χ3v) is 4.27. The Balaban J connectivity index is 1.94. The lowest BCUT2D eigenvalue weighted by atomic mass is 9.93. The number of anilines is 1. The molecule has 2 amide bonds. The van der Waals surface area contributed by atoms with Gasteiger partial charge in [-0.15, -0.1) is 11.3 Å². The normalized spacial score (nSPS) is 11.5. The van der Waals surface area contributed by atoms with Gasteiger partial charge in [-0.1, -0.05) is 19.9 Å². The van der Waals surface area contributed by atoms with Gasteiger partial charge in [-0.05, 0) is 37.7 Å². The first kappa shape index (κ1) is 20.0. The molecule has 0 aliphatic heterocycles. The summed E-state index contributed by atoms with van der Waals surface area (Å²) in [4.78, 5) is 30.5. The Kier molecular flexibility index (Phi) is 6.44. The summed E-state index contributed by atoms with van der Waals surface area (Å²) >= 11 is 1.14. The van der Waals surface area contributed by atoms with Gasteiger partial charge in [0.15, 0.2) is 5.13 Å². The van der Waals surface area contributed by atoms with E-state index in [9.17, 15) is 14.0 Å². The number of halogens is 1. The zero-order valence-electron chi connectivity index (χ0n) is 15.3. The number of carbonyl (C=O) groups excluding carboxylic acids is 2. The number of nitrogens with zero attached hydrogens (tertiary/aromatic N) is 2. The summed E-state index contributed by atoms with van der Waals surface area (Å²) in [6.45, 7) is 5.48. The second-order valence-corrected chi connectivity index (χ2v) is 7.95. The Morgan fingerprint density at radius 3 is 2.65 bits per heavy atom. The molecule has 0 saturated heterocycles. The molecule has 0 aliphatic carbocycles. The van der Waals surface area contributed by atoms with E-state index < -0.39 is 11.7 Å². The molecule has 2 N–H and O–H groups in total. The van der Waals surface area contributed by atoms with Gasteiger partial charge in [0.25, 0.3) is 11.8 Å². The number of benzene rings is 1. The predicted octanol–water partition coefficient (Wildman–Crippen LogP) is 2.85. The minimum absolute atomic E-state index is 0.0798. The zero-order valence-corrected chi connectivity index (χ0v) is 16.1. The van der Waals surface area contributed by atoms with Crippen LogP contribution in [0.1, 0.15) is 34.7 Å².